The molecule has 0 bridgehead atoms. The van der Waals surface area contributed by atoms with E-state index in [9.17, 15) is 0 Å². The van der Waals surface area contributed by atoms with E-state index in [1.165, 1.54) is 38.5 Å². The van der Waals surface area contributed by atoms with Gasteiger partial charge in [0.15, 0.2) is 0 Å². The summed E-state index contributed by atoms with van der Waals surface area (Å²) in [6.45, 7) is 6.75. The Labute approximate surface area is 83.3 Å². The minimum absolute atomic E-state index is 0.637. The summed E-state index contributed by atoms with van der Waals surface area (Å²) in [5, 5.41) is 3.55. The van der Waals surface area contributed by atoms with E-state index >= 15 is 0 Å². The number of unbranched alkanes of at least 4 members (excludes halogenated alkanes) is 1. The van der Waals surface area contributed by atoms with Gasteiger partial charge in [-0.3, -0.25) is 0 Å². The molecule has 0 amide bonds. The van der Waals surface area contributed by atoms with Crippen LogP contribution in [-0.4, -0.2) is 12.1 Å². The molecule has 0 aromatic rings. The Morgan fingerprint density at radius 1 is 1.15 bits per heavy atom. The minimum Gasteiger partial charge on any atom is -0.312 e. The highest BCUT2D eigenvalue weighted by Gasteiger charge is 2.19. The van der Waals surface area contributed by atoms with Crippen LogP contribution in [0.3, 0.4) is 0 Å². The summed E-state index contributed by atoms with van der Waals surface area (Å²) in [6.07, 6.45) is 8.74. The molecule has 1 fully saturated rings. The van der Waals surface area contributed by atoms with Gasteiger partial charge in [0.25, 0.3) is 0 Å². The van der Waals surface area contributed by atoms with E-state index in [-0.39, 0.29) is 0 Å². The Kier molecular flexibility index (Phi) is 4.79. The Morgan fingerprint density at radius 2 is 1.85 bits per heavy atom. The standard InChI is InChI=1S/C12H25N/c1-10(2)13-11(3)6-4-5-7-12-8-9-12/h10-13H,4-9H2,1-3H3. The van der Waals surface area contributed by atoms with Gasteiger partial charge >= 0.3 is 0 Å². The van der Waals surface area contributed by atoms with Gasteiger partial charge in [0.05, 0.1) is 0 Å². The van der Waals surface area contributed by atoms with Gasteiger partial charge in [-0.05, 0) is 19.3 Å². The lowest BCUT2D eigenvalue weighted by Crippen LogP contribution is -2.32. The van der Waals surface area contributed by atoms with Crippen LogP contribution in [0.15, 0.2) is 0 Å². The molecule has 13 heavy (non-hydrogen) atoms. The molecule has 0 aliphatic heterocycles. The highest BCUT2D eigenvalue weighted by atomic mass is 14.9. The molecule has 1 nitrogen and oxygen atoms in total. The third kappa shape index (κ3) is 6.09. The van der Waals surface area contributed by atoms with Crippen molar-refractivity contribution in [3.63, 3.8) is 0 Å². The average molecular weight is 183 g/mol. The molecule has 1 heteroatoms. The van der Waals surface area contributed by atoms with Gasteiger partial charge in [-0.1, -0.05) is 46.0 Å². The van der Waals surface area contributed by atoms with E-state index in [0.717, 1.165) is 5.92 Å². The van der Waals surface area contributed by atoms with Crippen LogP contribution in [0, 0.1) is 5.92 Å². The predicted molar refractivity (Wildman–Crippen MR) is 58.9 cm³/mol. The minimum atomic E-state index is 0.637. The Hall–Kier alpha value is -0.0400. The molecule has 0 heterocycles. The van der Waals surface area contributed by atoms with E-state index < -0.39 is 0 Å². The van der Waals surface area contributed by atoms with Gasteiger partial charge in [0.2, 0.25) is 0 Å². The van der Waals surface area contributed by atoms with Crippen molar-refractivity contribution in [3.05, 3.63) is 0 Å². The normalized spacial score (nSPS) is 19.4. The van der Waals surface area contributed by atoms with E-state index in [4.69, 9.17) is 0 Å². The van der Waals surface area contributed by atoms with Gasteiger partial charge < -0.3 is 5.32 Å². The fourth-order valence-electron chi connectivity index (χ4n) is 1.94. The smallest absolute Gasteiger partial charge is 0.00410 e. The second-order valence-corrected chi connectivity index (χ2v) is 4.95. The Morgan fingerprint density at radius 3 is 2.38 bits per heavy atom. The van der Waals surface area contributed by atoms with Crippen molar-refractivity contribution in [2.24, 2.45) is 5.92 Å². The monoisotopic (exact) mass is 183 g/mol. The summed E-state index contributed by atoms with van der Waals surface area (Å²) in [5.41, 5.74) is 0. The van der Waals surface area contributed by atoms with E-state index in [0.29, 0.717) is 12.1 Å². The summed E-state index contributed by atoms with van der Waals surface area (Å²) in [7, 11) is 0. The highest BCUT2D eigenvalue weighted by molar-refractivity contribution is 4.73. The molecule has 78 valence electrons. The zero-order valence-corrected chi connectivity index (χ0v) is 9.47. The molecule has 1 aliphatic carbocycles. The number of hydrogen-bond donors (Lipinski definition) is 1. The lowest BCUT2D eigenvalue weighted by molar-refractivity contribution is 0.443. The Bertz CT molecular complexity index is 127. The second-order valence-electron chi connectivity index (χ2n) is 4.95. The maximum absolute atomic E-state index is 3.55. The molecule has 1 atom stereocenters. The summed E-state index contributed by atoms with van der Waals surface area (Å²) in [5.74, 6) is 1.12. The zero-order chi connectivity index (χ0) is 9.68. The fraction of sp³-hybridized carbons (Fsp3) is 1.00. The lowest BCUT2D eigenvalue weighted by Gasteiger charge is -2.16. The molecule has 0 aromatic heterocycles. The largest absolute Gasteiger partial charge is 0.312 e. The van der Waals surface area contributed by atoms with Gasteiger partial charge in [-0.15, -0.1) is 0 Å². The first-order chi connectivity index (χ1) is 6.18. The van der Waals surface area contributed by atoms with Gasteiger partial charge in [-0.2, -0.15) is 0 Å². The lowest BCUT2D eigenvalue weighted by atomic mass is 10.1. The summed E-state index contributed by atoms with van der Waals surface area (Å²) >= 11 is 0. The van der Waals surface area contributed by atoms with Crippen molar-refractivity contribution in [1.82, 2.24) is 5.32 Å². The quantitative estimate of drug-likeness (QED) is 0.597. The van der Waals surface area contributed by atoms with Gasteiger partial charge in [0, 0.05) is 12.1 Å². The maximum atomic E-state index is 3.55. The highest BCUT2D eigenvalue weighted by Crippen LogP contribution is 2.34. The van der Waals surface area contributed by atoms with Crippen LogP contribution in [0.25, 0.3) is 0 Å². The predicted octanol–water partition coefficient (Wildman–Crippen LogP) is 3.34. The first-order valence-corrected chi connectivity index (χ1v) is 5.94. The van der Waals surface area contributed by atoms with Crippen molar-refractivity contribution >= 4 is 0 Å². The number of hydrogen-bond acceptors (Lipinski definition) is 1. The molecule has 1 rings (SSSR count). The van der Waals surface area contributed by atoms with Gasteiger partial charge in [0.1, 0.15) is 0 Å². The fourth-order valence-corrected chi connectivity index (χ4v) is 1.94. The molecule has 1 N–H and O–H groups in total. The van der Waals surface area contributed by atoms with Crippen molar-refractivity contribution in [2.45, 2.75) is 71.4 Å². The van der Waals surface area contributed by atoms with Crippen LogP contribution in [0.4, 0.5) is 0 Å². The van der Waals surface area contributed by atoms with Crippen molar-refractivity contribution < 1.29 is 0 Å². The second kappa shape index (κ2) is 5.64. The van der Waals surface area contributed by atoms with E-state index in [1.54, 1.807) is 0 Å². The zero-order valence-electron chi connectivity index (χ0n) is 9.47. The van der Waals surface area contributed by atoms with Gasteiger partial charge in [-0.25, -0.2) is 0 Å². The molecular weight excluding hydrogens is 158 g/mol. The third-order valence-corrected chi connectivity index (χ3v) is 2.81. The first kappa shape index (κ1) is 11.0. The molecule has 1 aliphatic rings. The van der Waals surface area contributed by atoms with Crippen molar-refractivity contribution in [2.75, 3.05) is 0 Å². The summed E-state index contributed by atoms with van der Waals surface area (Å²) in [6, 6.07) is 1.35. The number of nitrogens with one attached hydrogen (secondary N) is 1. The Balaban J connectivity index is 1.85. The van der Waals surface area contributed by atoms with Crippen molar-refractivity contribution in [1.29, 1.82) is 0 Å². The summed E-state index contributed by atoms with van der Waals surface area (Å²) in [4.78, 5) is 0. The molecule has 0 aromatic carbocycles. The van der Waals surface area contributed by atoms with E-state index in [2.05, 4.69) is 26.1 Å². The molecule has 0 radical (unpaired) electrons. The third-order valence-electron chi connectivity index (χ3n) is 2.81. The maximum Gasteiger partial charge on any atom is 0.00410 e. The topological polar surface area (TPSA) is 12.0 Å². The molecule has 0 spiro atoms. The van der Waals surface area contributed by atoms with Crippen molar-refractivity contribution in [3.8, 4) is 0 Å². The van der Waals surface area contributed by atoms with Crippen LogP contribution in [0.2, 0.25) is 0 Å². The molecular formula is C12H25N. The first-order valence-electron chi connectivity index (χ1n) is 5.94. The average Bonchev–Trinajstić information content (AvgIpc) is 2.80. The van der Waals surface area contributed by atoms with Crippen LogP contribution < -0.4 is 5.32 Å². The van der Waals surface area contributed by atoms with Crippen LogP contribution in [0.1, 0.15) is 59.3 Å². The molecule has 1 saturated carbocycles. The van der Waals surface area contributed by atoms with Crippen LogP contribution >= 0.6 is 0 Å². The SMILES string of the molecule is CC(C)NC(C)CCCCC1CC1. The van der Waals surface area contributed by atoms with Crippen LogP contribution in [-0.2, 0) is 0 Å². The molecule has 0 saturated heterocycles. The summed E-state index contributed by atoms with van der Waals surface area (Å²) < 4.78 is 0. The molecule has 1 unspecified atom stereocenters. The van der Waals surface area contributed by atoms with Crippen LogP contribution in [0.5, 0.6) is 0 Å². The number of rotatable bonds is 7. The van der Waals surface area contributed by atoms with E-state index in [1.807, 2.05) is 0 Å².